The van der Waals surface area contributed by atoms with Crippen LogP contribution >= 0.6 is 0 Å². The van der Waals surface area contributed by atoms with Gasteiger partial charge in [0, 0.05) is 19.0 Å². The Morgan fingerprint density at radius 3 is 2.38 bits per heavy atom. The smallest absolute Gasteiger partial charge is 0.224 e. The summed E-state index contributed by atoms with van der Waals surface area (Å²) in [7, 11) is 0. The van der Waals surface area contributed by atoms with E-state index < -0.39 is 0 Å². The Morgan fingerprint density at radius 2 is 1.67 bits per heavy atom. The van der Waals surface area contributed by atoms with Crippen LogP contribution in [0.3, 0.4) is 0 Å². The molecule has 0 aromatic heterocycles. The van der Waals surface area contributed by atoms with Crippen molar-refractivity contribution in [2.24, 2.45) is 5.73 Å². The van der Waals surface area contributed by atoms with Crippen molar-refractivity contribution in [2.45, 2.75) is 44.2 Å². The number of hydrogen-bond acceptors (Lipinski definition) is 2. The molecule has 3 rings (SSSR count). The van der Waals surface area contributed by atoms with Crippen LogP contribution in [0.5, 0.6) is 0 Å². The zero-order valence-electron chi connectivity index (χ0n) is 14.1. The molecule has 2 N–H and O–H groups in total. The lowest BCUT2D eigenvalue weighted by atomic mass is 9.99. The van der Waals surface area contributed by atoms with Crippen molar-refractivity contribution in [3.8, 4) is 0 Å². The fraction of sp³-hybridized carbons (Fsp3) is 0.381. The average Bonchev–Trinajstić information content (AvgIpc) is 2.89. The topological polar surface area (TPSA) is 46.3 Å². The zero-order chi connectivity index (χ0) is 16.8. The highest BCUT2D eigenvalue weighted by atomic mass is 16.2. The van der Waals surface area contributed by atoms with Gasteiger partial charge in [-0.3, -0.25) is 4.79 Å². The minimum absolute atomic E-state index is 0.169. The van der Waals surface area contributed by atoms with Crippen molar-refractivity contribution < 1.29 is 4.79 Å². The molecule has 1 aliphatic heterocycles. The first-order chi connectivity index (χ1) is 11.8. The van der Waals surface area contributed by atoms with E-state index in [-0.39, 0.29) is 18.0 Å². The Labute approximate surface area is 144 Å². The Bertz CT molecular complexity index is 641. The molecule has 3 nitrogen and oxygen atoms in total. The molecule has 126 valence electrons. The molecule has 0 spiro atoms. The third kappa shape index (κ3) is 4.04. The maximum atomic E-state index is 13.0. The fourth-order valence-corrected chi connectivity index (χ4v) is 3.55. The van der Waals surface area contributed by atoms with Crippen molar-refractivity contribution in [3.63, 3.8) is 0 Å². The molecule has 0 aliphatic carbocycles. The molecule has 1 saturated heterocycles. The van der Waals surface area contributed by atoms with Gasteiger partial charge < -0.3 is 10.6 Å². The Hall–Kier alpha value is -2.13. The van der Waals surface area contributed by atoms with Crippen LogP contribution in [0.4, 0.5) is 0 Å². The van der Waals surface area contributed by atoms with Gasteiger partial charge in [0.25, 0.3) is 0 Å². The highest BCUT2D eigenvalue weighted by Crippen LogP contribution is 2.31. The standard InChI is InChI=1S/C21H26N2O/c22-19(17-10-4-1-5-11-17)16-21(24)23-15-9-3-8-14-20(23)18-12-6-2-7-13-18/h1-2,4-7,10-13,19-20H,3,8-9,14-16,22H2. The number of hydrogen-bond donors (Lipinski definition) is 1. The number of amides is 1. The number of carbonyl (C=O) groups excluding carboxylic acids is 1. The number of nitrogens with two attached hydrogens (primary N) is 1. The number of likely N-dealkylation sites (tertiary alicyclic amines) is 1. The van der Waals surface area contributed by atoms with Gasteiger partial charge in [0.15, 0.2) is 0 Å². The third-order valence-corrected chi connectivity index (χ3v) is 4.88. The van der Waals surface area contributed by atoms with E-state index in [1.54, 1.807) is 0 Å². The lowest BCUT2D eigenvalue weighted by Crippen LogP contribution is -2.36. The highest BCUT2D eigenvalue weighted by Gasteiger charge is 2.27. The summed E-state index contributed by atoms with van der Waals surface area (Å²) in [5.74, 6) is 0.169. The maximum Gasteiger partial charge on any atom is 0.224 e. The van der Waals surface area contributed by atoms with Gasteiger partial charge in [0.2, 0.25) is 5.91 Å². The van der Waals surface area contributed by atoms with Gasteiger partial charge in [-0.1, -0.05) is 73.5 Å². The van der Waals surface area contributed by atoms with Gasteiger partial charge >= 0.3 is 0 Å². The predicted octanol–water partition coefficient (Wildman–Crippen LogP) is 4.22. The second-order valence-electron chi connectivity index (χ2n) is 6.58. The molecule has 1 fully saturated rings. The van der Waals surface area contributed by atoms with Gasteiger partial charge in [-0.25, -0.2) is 0 Å². The van der Waals surface area contributed by atoms with Crippen LogP contribution in [0.2, 0.25) is 0 Å². The molecule has 2 atom stereocenters. The van der Waals surface area contributed by atoms with Gasteiger partial charge in [-0.2, -0.15) is 0 Å². The van der Waals surface area contributed by atoms with Gasteiger partial charge in [-0.05, 0) is 24.0 Å². The molecule has 2 aromatic carbocycles. The molecule has 1 amide bonds. The van der Waals surface area contributed by atoms with Crippen LogP contribution in [-0.4, -0.2) is 17.4 Å². The van der Waals surface area contributed by atoms with Crippen LogP contribution in [0.1, 0.15) is 55.3 Å². The highest BCUT2D eigenvalue weighted by molar-refractivity contribution is 5.77. The van der Waals surface area contributed by atoms with Gasteiger partial charge in [-0.15, -0.1) is 0 Å². The minimum atomic E-state index is -0.238. The maximum absolute atomic E-state index is 13.0. The largest absolute Gasteiger partial charge is 0.336 e. The molecule has 0 bridgehead atoms. The first-order valence-corrected chi connectivity index (χ1v) is 8.90. The normalized spacial score (nSPS) is 19.5. The summed E-state index contributed by atoms with van der Waals surface area (Å²) in [5.41, 5.74) is 8.54. The van der Waals surface area contributed by atoms with E-state index in [0.29, 0.717) is 6.42 Å². The van der Waals surface area contributed by atoms with E-state index in [2.05, 4.69) is 29.2 Å². The number of rotatable bonds is 4. The third-order valence-electron chi connectivity index (χ3n) is 4.88. The molecule has 2 aromatic rings. The van der Waals surface area contributed by atoms with Crippen LogP contribution in [0.15, 0.2) is 60.7 Å². The molecule has 24 heavy (non-hydrogen) atoms. The summed E-state index contributed by atoms with van der Waals surface area (Å²) in [6.45, 7) is 0.833. The number of benzene rings is 2. The molecular formula is C21H26N2O. The van der Waals surface area contributed by atoms with E-state index >= 15 is 0 Å². The van der Waals surface area contributed by atoms with Crippen molar-refractivity contribution in [1.29, 1.82) is 0 Å². The lowest BCUT2D eigenvalue weighted by Gasteiger charge is -2.31. The summed E-state index contributed by atoms with van der Waals surface area (Å²) < 4.78 is 0. The first-order valence-electron chi connectivity index (χ1n) is 8.90. The Kier molecular flexibility index (Phi) is 5.65. The monoisotopic (exact) mass is 322 g/mol. The molecule has 3 heteroatoms. The van der Waals surface area contributed by atoms with E-state index in [1.165, 1.54) is 18.4 Å². The number of nitrogens with zero attached hydrogens (tertiary/aromatic N) is 1. The van der Waals surface area contributed by atoms with Gasteiger partial charge in [0.1, 0.15) is 0 Å². The average molecular weight is 322 g/mol. The molecule has 0 saturated carbocycles. The van der Waals surface area contributed by atoms with Gasteiger partial charge in [0.05, 0.1) is 6.04 Å². The fourth-order valence-electron chi connectivity index (χ4n) is 3.55. The second kappa shape index (κ2) is 8.11. The van der Waals surface area contributed by atoms with Crippen molar-refractivity contribution >= 4 is 5.91 Å². The predicted molar refractivity (Wildman–Crippen MR) is 97.4 cm³/mol. The first kappa shape index (κ1) is 16.7. The SMILES string of the molecule is NC(CC(=O)N1CCCCCC1c1ccccc1)c1ccccc1. The summed E-state index contributed by atoms with van der Waals surface area (Å²) in [6, 6.07) is 20.2. The summed E-state index contributed by atoms with van der Waals surface area (Å²) >= 11 is 0. The number of carbonyl (C=O) groups is 1. The zero-order valence-corrected chi connectivity index (χ0v) is 14.1. The van der Waals surface area contributed by atoms with E-state index in [4.69, 9.17) is 5.73 Å². The summed E-state index contributed by atoms with van der Waals surface area (Å²) in [4.78, 5) is 15.0. The van der Waals surface area contributed by atoms with Crippen LogP contribution in [0.25, 0.3) is 0 Å². The lowest BCUT2D eigenvalue weighted by molar-refractivity contribution is -0.134. The quantitative estimate of drug-likeness (QED) is 0.916. The Balaban J connectivity index is 1.75. The van der Waals surface area contributed by atoms with Crippen LogP contribution < -0.4 is 5.73 Å². The molecule has 0 radical (unpaired) electrons. The van der Waals surface area contributed by atoms with Crippen molar-refractivity contribution in [1.82, 2.24) is 4.90 Å². The molecule has 2 unspecified atom stereocenters. The second-order valence-corrected chi connectivity index (χ2v) is 6.58. The van der Waals surface area contributed by atoms with Crippen LogP contribution in [0, 0.1) is 0 Å². The summed E-state index contributed by atoms with van der Waals surface area (Å²) in [5, 5.41) is 0. The van der Waals surface area contributed by atoms with E-state index in [1.807, 2.05) is 36.4 Å². The van der Waals surface area contributed by atoms with Crippen molar-refractivity contribution in [3.05, 3.63) is 71.8 Å². The van der Waals surface area contributed by atoms with E-state index in [0.717, 1.165) is 24.9 Å². The summed E-state index contributed by atoms with van der Waals surface area (Å²) in [6.07, 6.45) is 4.85. The molecular weight excluding hydrogens is 296 g/mol. The molecule has 1 heterocycles. The molecule has 1 aliphatic rings. The Morgan fingerprint density at radius 1 is 1.00 bits per heavy atom. The van der Waals surface area contributed by atoms with Crippen LogP contribution in [-0.2, 0) is 4.79 Å². The van der Waals surface area contributed by atoms with Crippen molar-refractivity contribution in [2.75, 3.05) is 6.54 Å². The van der Waals surface area contributed by atoms with E-state index in [9.17, 15) is 4.79 Å². The minimum Gasteiger partial charge on any atom is -0.336 e.